The second-order valence-corrected chi connectivity index (χ2v) is 6.14. The van der Waals surface area contributed by atoms with Gasteiger partial charge in [0.25, 0.3) is 0 Å². The summed E-state index contributed by atoms with van der Waals surface area (Å²) < 4.78 is 1.28. The molecule has 0 bridgehead atoms. The van der Waals surface area contributed by atoms with Crippen molar-refractivity contribution in [2.45, 2.75) is 38.5 Å². The van der Waals surface area contributed by atoms with E-state index < -0.39 is 0 Å². The summed E-state index contributed by atoms with van der Waals surface area (Å²) in [4.78, 5) is 4.30. The summed E-state index contributed by atoms with van der Waals surface area (Å²) >= 11 is 1.71. The lowest BCUT2D eigenvalue weighted by Crippen LogP contribution is -2.12. The lowest BCUT2D eigenvalue weighted by Gasteiger charge is -2.21. The minimum absolute atomic E-state index is 0.957. The van der Waals surface area contributed by atoms with Crippen LogP contribution in [-0.4, -0.2) is 11.5 Å². The van der Waals surface area contributed by atoms with E-state index in [2.05, 4.69) is 28.5 Å². The number of rotatable bonds is 4. The Hall–Kier alpha value is -1.09. The van der Waals surface area contributed by atoms with Crippen molar-refractivity contribution in [3.05, 3.63) is 23.7 Å². The zero-order valence-corrected chi connectivity index (χ0v) is 11.5. The molecule has 0 amide bonds. The van der Waals surface area contributed by atoms with Gasteiger partial charge in [0, 0.05) is 12.2 Å². The van der Waals surface area contributed by atoms with Crippen molar-refractivity contribution in [2.24, 2.45) is 5.92 Å². The van der Waals surface area contributed by atoms with E-state index in [-0.39, 0.29) is 0 Å². The first-order chi connectivity index (χ1) is 8.92. The van der Waals surface area contributed by atoms with E-state index in [1.54, 1.807) is 11.3 Å². The highest BCUT2D eigenvalue weighted by Crippen LogP contribution is 2.26. The first kappa shape index (κ1) is 12.0. The van der Waals surface area contributed by atoms with Crippen molar-refractivity contribution >= 4 is 27.2 Å². The van der Waals surface area contributed by atoms with Gasteiger partial charge in [-0.25, -0.2) is 4.98 Å². The molecule has 1 N–H and O–H groups in total. The fourth-order valence-electron chi connectivity index (χ4n) is 2.86. The standard InChI is InChI=1S/C15H20N2S/c1-2-4-12(5-3-1)8-9-16-13-6-7-14-15(10-13)18-11-17-14/h6-7,10-12,16H,1-5,8-9H2. The fraction of sp³-hybridized carbons (Fsp3) is 0.533. The third kappa shape index (κ3) is 2.83. The topological polar surface area (TPSA) is 24.9 Å². The Morgan fingerprint density at radius 3 is 3.00 bits per heavy atom. The molecule has 1 fully saturated rings. The van der Waals surface area contributed by atoms with Crippen LogP contribution in [0.5, 0.6) is 0 Å². The number of benzene rings is 1. The molecule has 0 spiro atoms. The molecule has 18 heavy (non-hydrogen) atoms. The molecule has 3 rings (SSSR count). The molecule has 3 heteroatoms. The largest absolute Gasteiger partial charge is 0.385 e. The Morgan fingerprint density at radius 1 is 1.22 bits per heavy atom. The lowest BCUT2D eigenvalue weighted by atomic mass is 9.87. The fourth-order valence-corrected chi connectivity index (χ4v) is 3.58. The minimum atomic E-state index is 0.957. The maximum Gasteiger partial charge on any atom is 0.0813 e. The highest BCUT2D eigenvalue weighted by Gasteiger charge is 2.12. The van der Waals surface area contributed by atoms with Gasteiger partial charge < -0.3 is 5.32 Å². The number of anilines is 1. The second-order valence-electron chi connectivity index (χ2n) is 5.25. The third-order valence-corrected chi connectivity index (χ3v) is 4.73. The van der Waals surface area contributed by atoms with Crippen molar-refractivity contribution in [3.63, 3.8) is 0 Å². The maximum atomic E-state index is 4.30. The van der Waals surface area contributed by atoms with Crippen molar-refractivity contribution in [2.75, 3.05) is 11.9 Å². The number of thiazole rings is 1. The Kier molecular flexibility index (Phi) is 3.79. The zero-order valence-electron chi connectivity index (χ0n) is 10.7. The van der Waals surface area contributed by atoms with Crippen LogP contribution in [0.4, 0.5) is 5.69 Å². The van der Waals surface area contributed by atoms with Crippen LogP contribution in [0.15, 0.2) is 23.7 Å². The van der Waals surface area contributed by atoms with Crippen LogP contribution < -0.4 is 5.32 Å². The Bertz CT molecular complexity index is 500. The van der Waals surface area contributed by atoms with Crippen LogP contribution in [0.2, 0.25) is 0 Å². The van der Waals surface area contributed by atoms with E-state index in [9.17, 15) is 0 Å². The third-order valence-electron chi connectivity index (χ3n) is 3.94. The summed E-state index contributed by atoms with van der Waals surface area (Å²) in [5.41, 5.74) is 4.26. The molecule has 1 aliphatic carbocycles. The average molecular weight is 260 g/mol. The normalized spacial score (nSPS) is 17.1. The van der Waals surface area contributed by atoms with Gasteiger partial charge >= 0.3 is 0 Å². The van der Waals surface area contributed by atoms with E-state index in [4.69, 9.17) is 0 Å². The van der Waals surface area contributed by atoms with Gasteiger partial charge in [0.05, 0.1) is 15.7 Å². The summed E-state index contributed by atoms with van der Waals surface area (Å²) in [7, 11) is 0. The van der Waals surface area contributed by atoms with Crippen molar-refractivity contribution in [1.82, 2.24) is 4.98 Å². The highest BCUT2D eigenvalue weighted by molar-refractivity contribution is 7.16. The summed E-state index contributed by atoms with van der Waals surface area (Å²) in [6, 6.07) is 6.46. The summed E-state index contributed by atoms with van der Waals surface area (Å²) in [5.74, 6) is 0.957. The van der Waals surface area contributed by atoms with Gasteiger partial charge in [-0.1, -0.05) is 32.1 Å². The van der Waals surface area contributed by atoms with Gasteiger partial charge in [0.1, 0.15) is 0 Å². The van der Waals surface area contributed by atoms with Crippen LogP contribution in [0.25, 0.3) is 10.2 Å². The summed E-state index contributed by atoms with van der Waals surface area (Å²) in [6.45, 7) is 1.11. The number of nitrogens with zero attached hydrogens (tertiary/aromatic N) is 1. The first-order valence-electron chi connectivity index (χ1n) is 6.99. The molecule has 1 saturated carbocycles. The molecular weight excluding hydrogens is 240 g/mol. The van der Waals surface area contributed by atoms with Crippen LogP contribution in [0.3, 0.4) is 0 Å². The molecule has 1 aliphatic rings. The van der Waals surface area contributed by atoms with Gasteiger partial charge in [0.2, 0.25) is 0 Å². The van der Waals surface area contributed by atoms with Gasteiger partial charge in [0.15, 0.2) is 0 Å². The second kappa shape index (κ2) is 5.70. The molecule has 1 heterocycles. The van der Waals surface area contributed by atoms with Crippen LogP contribution >= 0.6 is 11.3 Å². The quantitative estimate of drug-likeness (QED) is 0.863. The first-order valence-corrected chi connectivity index (χ1v) is 7.87. The smallest absolute Gasteiger partial charge is 0.0813 e. The molecule has 96 valence electrons. The molecule has 0 unspecified atom stereocenters. The predicted octanol–water partition coefficient (Wildman–Crippen LogP) is 4.68. The van der Waals surface area contributed by atoms with Gasteiger partial charge in [-0.2, -0.15) is 0 Å². The highest BCUT2D eigenvalue weighted by atomic mass is 32.1. The van der Waals surface area contributed by atoms with E-state index in [0.717, 1.165) is 18.0 Å². The lowest BCUT2D eigenvalue weighted by molar-refractivity contribution is 0.345. The minimum Gasteiger partial charge on any atom is -0.385 e. The van der Waals surface area contributed by atoms with E-state index in [0.29, 0.717) is 0 Å². The van der Waals surface area contributed by atoms with E-state index in [1.165, 1.54) is 48.9 Å². The van der Waals surface area contributed by atoms with Gasteiger partial charge in [-0.05, 0) is 30.5 Å². The molecule has 0 aliphatic heterocycles. The number of fused-ring (bicyclic) bond motifs is 1. The molecular formula is C15H20N2S. The Morgan fingerprint density at radius 2 is 2.11 bits per heavy atom. The number of hydrogen-bond acceptors (Lipinski definition) is 3. The van der Waals surface area contributed by atoms with Crippen molar-refractivity contribution in [1.29, 1.82) is 0 Å². The molecule has 0 saturated heterocycles. The Balaban J connectivity index is 1.52. The molecule has 0 radical (unpaired) electrons. The molecule has 1 aromatic heterocycles. The van der Waals surface area contributed by atoms with Crippen LogP contribution in [-0.2, 0) is 0 Å². The van der Waals surface area contributed by atoms with Crippen LogP contribution in [0.1, 0.15) is 38.5 Å². The summed E-state index contributed by atoms with van der Waals surface area (Å²) in [5, 5.41) is 3.55. The SMILES string of the molecule is c1nc2ccc(NCCC3CCCCC3)cc2s1. The molecule has 0 atom stereocenters. The monoisotopic (exact) mass is 260 g/mol. The zero-order chi connectivity index (χ0) is 12.2. The van der Waals surface area contributed by atoms with Crippen molar-refractivity contribution in [3.8, 4) is 0 Å². The Labute approximate surface area is 112 Å². The number of nitrogens with one attached hydrogen (secondary N) is 1. The average Bonchev–Trinajstić information content (AvgIpc) is 2.87. The number of aromatic nitrogens is 1. The van der Waals surface area contributed by atoms with E-state index >= 15 is 0 Å². The van der Waals surface area contributed by atoms with Gasteiger partial charge in [-0.3, -0.25) is 0 Å². The summed E-state index contributed by atoms with van der Waals surface area (Å²) in [6.07, 6.45) is 8.53. The molecule has 2 nitrogen and oxygen atoms in total. The van der Waals surface area contributed by atoms with Gasteiger partial charge in [-0.15, -0.1) is 11.3 Å². The number of hydrogen-bond donors (Lipinski definition) is 1. The molecule has 2 aromatic rings. The van der Waals surface area contributed by atoms with Crippen molar-refractivity contribution < 1.29 is 0 Å². The maximum absolute atomic E-state index is 4.30. The predicted molar refractivity (Wildman–Crippen MR) is 79.3 cm³/mol. The van der Waals surface area contributed by atoms with Crippen LogP contribution in [0, 0.1) is 5.92 Å². The van der Waals surface area contributed by atoms with E-state index in [1.807, 2.05) is 5.51 Å². The molecule has 1 aromatic carbocycles.